The third-order valence-electron chi connectivity index (χ3n) is 2.55. The molecule has 0 heterocycles. The third-order valence-corrected chi connectivity index (χ3v) is 2.55. The quantitative estimate of drug-likeness (QED) is 0.675. The fourth-order valence-electron chi connectivity index (χ4n) is 1.23. The minimum absolute atomic E-state index is 0.0110. The van der Waals surface area contributed by atoms with Crippen LogP contribution in [0.3, 0.4) is 0 Å². The van der Waals surface area contributed by atoms with E-state index in [1.807, 2.05) is 20.8 Å². The molecule has 0 bridgehead atoms. The van der Waals surface area contributed by atoms with Gasteiger partial charge in [-0.15, -0.1) is 0 Å². The molecule has 3 heteroatoms. The van der Waals surface area contributed by atoms with Gasteiger partial charge in [0.2, 0.25) is 5.91 Å². The van der Waals surface area contributed by atoms with E-state index in [4.69, 9.17) is 7.85 Å². The first-order valence-electron chi connectivity index (χ1n) is 6.55. The first-order chi connectivity index (χ1) is 7.61. The zero-order valence-electron chi connectivity index (χ0n) is 11.8. The highest BCUT2D eigenvalue weighted by Gasteiger charge is 2.09. The summed E-state index contributed by atoms with van der Waals surface area (Å²) in [4.78, 5) is 12.3. The molecule has 0 aromatic heterocycles. The Morgan fingerprint density at radius 3 is 2.00 bits per heavy atom. The summed E-state index contributed by atoms with van der Waals surface area (Å²) in [6, 6.07) is 0. The topological polar surface area (TPSA) is 20.3 Å². The van der Waals surface area contributed by atoms with E-state index in [0.29, 0.717) is 0 Å². The van der Waals surface area contributed by atoms with E-state index in [2.05, 4.69) is 6.92 Å². The SMILES string of the molecule is CC.CC1CCC1.[B]CC(=O)N(C)CCC. The maximum absolute atomic E-state index is 10.7. The van der Waals surface area contributed by atoms with Crippen LogP contribution >= 0.6 is 0 Å². The number of carbonyl (C=O) groups is 1. The van der Waals surface area contributed by atoms with Gasteiger partial charge in [0.25, 0.3) is 0 Å². The van der Waals surface area contributed by atoms with Crippen molar-refractivity contribution in [1.29, 1.82) is 0 Å². The van der Waals surface area contributed by atoms with Gasteiger partial charge in [-0.1, -0.05) is 47.0 Å². The van der Waals surface area contributed by atoms with Crippen molar-refractivity contribution in [1.82, 2.24) is 4.90 Å². The van der Waals surface area contributed by atoms with E-state index < -0.39 is 0 Å². The number of hydrogen-bond donors (Lipinski definition) is 0. The van der Waals surface area contributed by atoms with Crippen molar-refractivity contribution in [3.8, 4) is 0 Å². The lowest BCUT2D eigenvalue weighted by atomic mass is 9.88. The van der Waals surface area contributed by atoms with E-state index in [1.54, 1.807) is 11.9 Å². The predicted molar refractivity (Wildman–Crippen MR) is 72.9 cm³/mol. The fraction of sp³-hybridized carbons (Fsp3) is 0.923. The minimum atomic E-state index is 0.0110. The van der Waals surface area contributed by atoms with Crippen molar-refractivity contribution < 1.29 is 4.79 Å². The third kappa shape index (κ3) is 10.1. The molecule has 1 fully saturated rings. The first kappa shape index (κ1) is 17.9. The monoisotopic (exact) mass is 225 g/mol. The van der Waals surface area contributed by atoms with Crippen LogP contribution in [0.5, 0.6) is 0 Å². The maximum atomic E-state index is 10.7. The van der Waals surface area contributed by atoms with Crippen molar-refractivity contribution in [2.45, 2.75) is 59.7 Å². The van der Waals surface area contributed by atoms with Crippen LogP contribution in [0, 0.1) is 5.92 Å². The van der Waals surface area contributed by atoms with E-state index in [0.717, 1.165) is 18.9 Å². The standard InChI is InChI=1S/C6H12BNO.C5H10.C2H6/c1-3-4-8(2)6(9)5-7;1-5-3-2-4-5;1-2/h3-5H2,1-2H3;5H,2-4H2,1H3;1-2H3. The molecule has 1 aliphatic carbocycles. The molecule has 1 saturated carbocycles. The van der Waals surface area contributed by atoms with Gasteiger partial charge in [0.15, 0.2) is 0 Å². The summed E-state index contributed by atoms with van der Waals surface area (Å²) in [6.45, 7) is 9.14. The molecule has 0 aromatic rings. The molecule has 1 amide bonds. The Labute approximate surface area is 103 Å². The Hall–Kier alpha value is -0.465. The minimum Gasteiger partial charge on any atom is -0.346 e. The second kappa shape index (κ2) is 12.6. The van der Waals surface area contributed by atoms with Crippen molar-refractivity contribution in [3.63, 3.8) is 0 Å². The molecule has 1 rings (SSSR count). The first-order valence-corrected chi connectivity index (χ1v) is 6.55. The molecule has 0 unspecified atom stereocenters. The Balaban J connectivity index is 0. The van der Waals surface area contributed by atoms with Gasteiger partial charge in [-0.25, -0.2) is 0 Å². The lowest BCUT2D eigenvalue weighted by molar-refractivity contribution is -0.127. The summed E-state index contributed by atoms with van der Waals surface area (Å²) in [5.41, 5.74) is 0. The molecule has 0 N–H and O–H groups in total. The fourth-order valence-corrected chi connectivity index (χ4v) is 1.23. The summed E-state index contributed by atoms with van der Waals surface area (Å²) in [7, 11) is 6.87. The number of carbonyl (C=O) groups excluding carboxylic acids is 1. The van der Waals surface area contributed by atoms with Gasteiger partial charge < -0.3 is 4.90 Å². The summed E-state index contributed by atoms with van der Waals surface area (Å²) >= 11 is 0. The molecule has 0 aromatic carbocycles. The highest BCUT2D eigenvalue weighted by Crippen LogP contribution is 2.24. The molecule has 0 spiro atoms. The van der Waals surface area contributed by atoms with Crippen LogP contribution < -0.4 is 0 Å². The summed E-state index contributed by atoms with van der Waals surface area (Å²) in [5.74, 6) is 1.08. The summed E-state index contributed by atoms with van der Waals surface area (Å²) in [5, 5.41) is 0. The zero-order chi connectivity index (χ0) is 13.0. The lowest BCUT2D eigenvalue weighted by Crippen LogP contribution is -2.26. The predicted octanol–water partition coefficient (Wildman–Crippen LogP) is 3.27. The van der Waals surface area contributed by atoms with Gasteiger partial charge in [-0.3, -0.25) is 4.79 Å². The second-order valence-corrected chi connectivity index (χ2v) is 4.06. The van der Waals surface area contributed by atoms with Gasteiger partial charge in [-0.05, 0) is 18.7 Å². The van der Waals surface area contributed by atoms with E-state index in [9.17, 15) is 4.79 Å². The van der Waals surface area contributed by atoms with Crippen molar-refractivity contribution in [2.24, 2.45) is 5.92 Å². The molecule has 0 atom stereocenters. The average Bonchev–Trinajstić information content (AvgIpc) is 2.29. The van der Waals surface area contributed by atoms with Gasteiger partial charge in [0.1, 0.15) is 0 Å². The van der Waals surface area contributed by atoms with Crippen LogP contribution in [0.1, 0.15) is 53.4 Å². The molecule has 2 radical (unpaired) electrons. The summed E-state index contributed by atoms with van der Waals surface area (Å²) < 4.78 is 0. The van der Waals surface area contributed by atoms with E-state index >= 15 is 0 Å². The van der Waals surface area contributed by atoms with Gasteiger partial charge >= 0.3 is 0 Å². The Kier molecular flexibility index (Phi) is 14.1. The zero-order valence-corrected chi connectivity index (χ0v) is 11.8. The van der Waals surface area contributed by atoms with Crippen LogP contribution in [0.15, 0.2) is 0 Å². The van der Waals surface area contributed by atoms with Crippen LogP contribution in [0.4, 0.5) is 0 Å². The van der Waals surface area contributed by atoms with Crippen LogP contribution in [0.25, 0.3) is 0 Å². The molecule has 2 nitrogen and oxygen atoms in total. The highest BCUT2D eigenvalue weighted by atomic mass is 16.2. The van der Waals surface area contributed by atoms with Crippen LogP contribution in [0.2, 0.25) is 6.32 Å². The normalized spacial score (nSPS) is 13.6. The van der Waals surface area contributed by atoms with Crippen molar-refractivity contribution >= 4 is 13.8 Å². The highest BCUT2D eigenvalue weighted by molar-refractivity contribution is 6.19. The smallest absolute Gasteiger partial charge is 0.213 e. The molecular formula is C13H28BNO. The number of rotatable bonds is 3. The number of amides is 1. The summed E-state index contributed by atoms with van der Waals surface area (Å²) in [6.07, 6.45) is 5.57. The van der Waals surface area contributed by atoms with Gasteiger partial charge in [-0.2, -0.15) is 0 Å². The molecule has 94 valence electrons. The second-order valence-electron chi connectivity index (χ2n) is 4.06. The molecule has 0 aliphatic heterocycles. The molecular weight excluding hydrogens is 197 g/mol. The van der Waals surface area contributed by atoms with Crippen LogP contribution in [-0.2, 0) is 4.79 Å². The van der Waals surface area contributed by atoms with Crippen molar-refractivity contribution in [2.75, 3.05) is 13.6 Å². The van der Waals surface area contributed by atoms with Gasteiger partial charge in [0, 0.05) is 13.6 Å². The Bertz CT molecular complexity index is 158. The molecule has 1 aliphatic rings. The molecule has 16 heavy (non-hydrogen) atoms. The Morgan fingerprint density at radius 1 is 1.38 bits per heavy atom. The number of hydrogen-bond acceptors (Lipinski definition) is 1. The maximum Gasteiger partial charge on any atom is 0.213 e. The number of nitrogens with zero attached hydrogens (tertiary/aromatic N) is 1. The average molecular weight is 225 g/mol. The van der Waals surface area contributed by atoms with E-state index in [-0.39, 0.29) is 12.2 Å². The Morgan fingerprint density at radius 2 is 1.81 bits per heavy atom. The van der Waals surface area contributed by atoms with E-state index in [1.165, 1.54) is 19.3 Å². The lowest BCUT2D eigenvalue weighted by Gasteiger charge is -2.18. The van der Waals surface area contributed by atoms with Crippen LogP contribution in [-0.4, -0.2) is 32.2 Å². The van der Waals surface area contributed by atoms with Crippen molar-refractivity contribution in [3.05, 3.63) is 0 Å². The largest absolute Gasteiger partial charge is 0.346 e. The van der Waals surface area contributed by atoms with Gasteiger partial charge in [0.05, 0.1) is 7.85 Å². The molecule has 0 saturated heterocycles.